The second kappa shape index (κ2) is 10.3. The van der Waals surface area contributed by atoms with Gasteiger partial charge in [-0.2, -0.15) is 9.40 Å². The van der Waals surface area contributed by atoms with Gasteiger partial charge in [0.25, 0.3) is 5.91 Å². The van der Waals surface area contributed by atoms with E-state index in [1.54, 1.807) is 33.0 Å². The summed E-state index contributed by atoms with van der Waals surface area (Å²) in [7, 11) is -3.67. The molecule has 1 heterocycles. The molecule has 1 aliphatic carbocycles. The number of amides is 2. The summed E-state index contributed by atoms with van der Waals surface area (Å²) < 4.78 is 28.4. The molecule has 1 aliphatic rings. The number of carbonyl (C=O) groups excluding carboxylic acids is 2. The van der Waals surface area contributed by atoms with Crippen LogP contribution < -0.4 is 10.6 Å². The summed E-state index contributed by atoms with van der Waals surface area (Å²) in [5.74, 6) is -0.544. The number of benzene rings is 1. The second-order valence-electron chi connectivity index (χ2n) is 8.00. The van der Waals surface area contributed by atoms with Crippen LogP contribution in [0.2, 0.25) is 0 Å². The predicted octanol–water partition coefficient (Wildman–Crippen LogP) is 2.53. The number of sulfonamides is 1. The molecule has 0 spiro atoms. The average molecular weight is 462 g/mol. The summed E-state index contributed by atoms with van der Waals surface area (Å²) in [5, 5.41) is 9.88. The molecule has 10 heteroatoms. The second-order valence-corrected chi connectivity index (χ2v) is 9.93. The van der Waals surface area contributed by atoms with E-state index < -0.39 is 15.9 Å². The minimum Gasteiger partial charge on any atom is -0.352 e. The van der Waals surface area contributed by atoms with Crippen molar-refractivity contribution in [2.24, 2.45) is 0 Å². The SMILES string of the molecule is CCN(CC)S(=O)(=O)c1ccc(C)c(C(=O)Nc2cnn(CC(=O)NC3CCCC3)c2)c1. The highest BCUT2D eigenvalue weighted by Gasteiger charge is 2.24. The molecule has 0 bridgehead atoms. The predicted molar refractivity (Wildman–Crippen MR) is 122 cm³/mol. The number of aryl methyl sites for hydroxylation is 1. The van der Waals surface area contributed by atoms with Gasteiger partial charge in [-0.1, -0.05) is 32.8 Å². The Morgan fingerprint density at radius 2 is 1.88 bits per heavy atom. The van der Waals surface area contributed by atoms with E-state index in [4.69, 9.17) is 0 Å². The molecule has 2 N–H and O–H groups in total. The van der Waals surface area contributed by atoms with E-state index in [2.05, 4.69) is 15.7 Å². The lowest BCUT2D eigenvalue weighted by molar-refractivity contribution is -0.122. The molecule has 2 amide bonds. The number of nitrogens with one attached hydrogen (secondary N) is 2. The Labute approximate surface area is 189 Å². The van der Waals surface area contributed by atoms with Crippen LogP contribution in [0.4, 0.5) is 5.69 Å². The van der Waals surface area contributed by atoms with E-state index in [1.807, 2.05) is 0 Å². The van der Waals surface area contributed by atoms with E-state index in [-0.39, 0.29) is 29.0 Å². The fraction of sp³-hybridized carbons (Fsp3) is 0.500. The molecule has 2 aromatic rings. The van der Waals surface area contributed by atoms with Gasteiger partial charge >= 0.3 is 0 Å². The molecule has 1 aromatic carbocycles. The van der Waals surface area contributed by atoms with Crippen molar-refractivity contribution >= 4 is 27.5 Å². The van der Waals surface area contributed by atoms with Gasteiger partial charge in [0.1, 0.15) is 6.54 Å². The molecular formula is C22H31N5O4S. The van der Waals surface area contributed by atoms with Gasteiger partial charge < -0.3 is 10.6 Å². The number of anilines is 1. The van der Waals surface area contributed by atoms with Gasteiger partial charge in [0.2, 0.25) is 15.9 Å². The minimum absolute atomic E-state index is 0.0724. The van der Waals surface area contributed by atoms with Crippen molar-refractivity contribution in [3.63, 3.8) is 0 Å². The van der Waals surface area contributed by atoms with Crippen LogP contribution in [0.5, 0.6) is 0 Å². The molecule has 9 nitrogen and oxygen atoms in total. The molecule has 0 saturated heterocycles. The van der Waals surface area contributed by atoms with Crippen molar-refractivity contribution in [3.8, 4) is 0 Å². The minimum atomic E-state index is -3.67. The summed E-state index contributed by atoms with van der Waals surface area (Å²) in [6.45, 7) is 6.06. The largest absolute Gasteiger partial charge is 0.352 e. The first kappa shape index (κ1) is 23.9. The Morgan fingerprint density at radius 3 is 2.53 bits per heavy atom. The molecule has 1 fully saturated rings. The molecule has 174 valence electrons. The van der Waals surface area contributed by atoms with Gasteiger partial charge in [-0.25, -0.2) is 8.42 Å². The van der Waals surface area contributed by atoms with Crippen LogP contribution in [-0.2, 0) is 21.4 Å². The fourth-order valence-corrected chi connectivity index (χ4v) is 5.41. The topological polar surface area (TPSA) is 113 Å². The van der Waals surface area contributed by atoms with Gasteiger partial charge in [0.05, 0.1) is 16.8 Å². The fourth-order valence-electron chi connectivity index (χ4n) is 3.92. The third-order valence-electron chi connectivity index (χ3n) is 5.71. The molecule has 3 rings (SSSR count). The van der Waals surface area contributed by atoms with Crippen molar-refractivity contribution in [2.75, 3.05) is 18.4 Å². The third-order valence-corrected chi connectivity index (χ3v) is 7.76. The number of hydrogen-bond donors (Lipinski definition) is 2. The Hall–Kier alpha value is -2.72. The van der Waals surface area contributed by atoms with Crippen molar-refractivity contribution < 1.29 is 18.0 Å². The maximum atomic E-state index is 12.8. The van der Waals surface area contributed by atoms with E-state index in [1.165, 1.54) is 27.3 Å². The molecule has 1 aromatic heterocycles. The number of carbonyl (C=O) groups is 2. The zero-order valence-corrected chi connectivity index (χ0v) is 19.6. The zero-order chi connectivity index (χ0) is 23.3. The summed E-state index contributed by atoms with van der Waals surface area (Å²) >= 11 is 0. The van der Waals surface area contributed by atoms with E-state index >= 15 is 0 Å². The van der Waals surface area contributed by atoms with Crippen molar-refractivity contribution in [3.05, 3.63) is 41.7 Å². The van der Waals surface area contributed by atoms with Crippen molar-refractivity contribution in [1.82, 2.24) is 19.4 Å². The lowest BCUT2D eigenvalue weighted by Gasteiger charge is -2.19. The highest BCUT2D eigenvalue weighted by atomic mass is 32.2. The van der Waals surface area contributed by atoms with Crippen LogP contribution >= 0.6 is 0 Å². The van der Waals surface area contributed by atoms with Crippen LogP contribution in [0.1, 0.15) is 55.5 Å². The van der Waals surface area contributed by atoms with E-state index in [9.17, 15) is 18.0 Å². The van der Waals surface area contributed by atoms with E-state index in [0.29, 0.717) is 24.3 Å². The first-order chi connectivity index (χ1) is 15.2. The first-order valence-electron chi connectivity index (χ1n) is 11.0. The van der Waals surface area contributed by atoms with Crippen LogP contribution in [0.3, 0.4) is 0 Å². The Kier molecular flexibility index (Phi) is 7.68. The average Bonchev–Trinajstić information content (AvgIpc) is 3.41. The summed E-state index contributed by atoms with van der Waals surface area (Å²) in [6, 6.07) is 4.78. The van der Waals surface area contributed by atoms with Crippen LogP contribution in [-0.4, -0.2) is 53.4 Å². The normalized spacial score (nSPS) is 14.6. The number of aromatic nitrogens is 2. The zero-order valence-electron chi connectivity index (χ0n) is 18.8. The summed E-state index contributed by atoms with van der Waals surface area (Å²) in [4.78, 5) is 25.1. The lowest BCUT2D eigenvalue weighted by atomic mass is 10.1. The van der Waals surface area contributed by atoms with Gasteiger partial charge in [-0.3, -0.25) is 14.3 Å². The monoisotopic (exact) mass is 461 g/mol. The highest BCUT2D eigenvalue weighted by Crippen LogP contribution is 2.21. The number of nitrogens with zero attached hydrogens (tertiary/aromatic N) is 3. The van der Waals surface area contributed by atoms with Crippen LogP contribution in [0.25, 0.3) is 0 Å². The number of rotatable bonds is 9. The molecule has 1 saturated carbocycles. The smallest absolute Gasteiger partial charge is 0.256 e. The van der Waals surface area contributed by atoms with Crippen molar-refractivity contribution in [1.29, 1.82) is 0 Å². The summed E-state index contributed by atoms with van der Waals surface area (Å²) in [5.41, 5.74) is 1.36. The maximum Gasteiger partial charge on any atom is 0.256 e. The molecule has 32 heavy (non-hydrogen) atoms. The molecular weight excluding hydrogens is 430 g/mol. The maximum absolute atomic E-state index is 12.8. The Bertz CT molecular complexity index is 1070. The number of hydrogen-bond acceptors (Lipinski definition) is 5. The molecule has 0 radical (unpaired) electrons. The summed E-state index contributed by atoms with van der Waals surface area (Å²) in [6.07, 6.45) is 7.34. The third kappa shape index (κ3) is 5.55. The van der Waals surface area contributed by atoms with Crippen LogP contribution in [0.15, 0.2) is 35.5 Å². The highest BCUT2D eigenvalue weighted by molar-refractivity contribution is 7.89. The quantitative estimate of drug-likeness (QED) is 0.596. The molecule has 0 aliphatic heterocycles. The van der Waals surface area contributed by atoms with Gasteiger partial charge in [0.15, 0.2) is 0 Å². The van der Waals surface area contributed by atoms with Gasteiger partial charge in [-0.15, -0.1) is 0 Å². The first-order valence-corrected chi connectivity index (χ1v) is 12.4. The van der Waals surface area contributed by atoms with Gasteiger partial charge in [0, 0.05) is 30.9 Å². The van der Waals surface area contributed by atoms with Crippen molar-refractivity contribution in [2.45, 2.75) is 63.9 Å². The molecule has 0 unspecified atom stereocenters. The van der Waals surface area contributed by atoms with Crippen LogP contribution in [0, 0.1) is 6.92 Å². The standard InChI is InChI=1S/C22H31N5O4S/c1-4-27(5-2)32(30,31)19-11-10-16(3)20(12-19)22(29)25-18-13-23-26(14-18)15-21(28)24-17-8-6-7-9-17/h10-14,17H,4-9,15H2,1-3H3,(H,24,28)(H,25,29). The Morgan fingerprint density at radius 1 is 1.19 bits per heavy atom. The lowest BCUT2D eigenvalue weighted by Crippen LogP contribution is -2.35. The molecule has 0 atom stereocenters. The van der Waals surface area contributed by atoms with E-state index in [0.717, 1.165) is 25.7 Å². The van der Waals surface area contributed by atoms with Gasteiger partial charge in [-0.05, 0) is 37.5 Å². The Balaban J connectivity index is 1.69.